The van der Waals surface area contributed by atoms with Crippen LogP contribution in [0.5, 0.6) is 0 Å². The van der Waals surface area contributed by atoms with Gasteiger partial charge in [0, 0.05) is 32.2 Å². The van der Waals surface area contributed by atoms with Crippen molar-refractivity contribution in [2.24, 2.45) is 0 Å². The van der Waals surface area contributed by atoms with Crippen molar-refractivity contribution in [3.05, 3.63) is 20.3 Å². The summed E-state index contributed by atoms with van der Waals surface area (Å²) in [5.74, 6) is 0.0810. The topological polar surface area (TPSA) is 23.6 Å². The molecule has 2 aliphatic rings. The van der Waals surface area contributed by atoms with Gasteiger partial charge in [-0.1, -0.05) is 36.0 Å². The van der Waals surface area contributed by atoms with Crippen LogP contribution in [0.15, 0.2) is 6.07 Å². The lowest BCUT2D eigenvalue weighted by Crippen LogP contribution is -2.50. The molecule has 1 aliphatic carbocycles. The van der Waals surface area contributed by atoms with Gasteiger partial charge in [-0.15, -0.1) is 11.3 Å². The molecule has 1 aromatic rings. The number of carbonyl (C=O) groups is 1. The molecule has 21 heavy (non-hydrogen) atoms. The van der Waals surface area contributed by atoms with E-state index in [4.69, 9.17) is 23.2 Å². The molecule has 0 N–H and O–H groups in total. The first-order chi connectivity index (χ1) is 10.1. The Hall–Kier alpha value is -0.130. The van der Waals surface area contributed by atoms with Crippen molar-refractivity contribution in [2.45, 2.75) is 31.7 Å². The van der Waals surface area contributed by atoms with E-state index in [2.05, 4.69) is 9.80 Å². The lowest BCUT2D eigenvalue weighted by molar-refractivity contribution is 0.0775. The standard InChI is InChI=1S/C15H20Cl2N2OS/c16-14-9-12(15(17)21-14)13(20)10-18-5-7-19(8-6-18)11-3-1-2-4-11/h9,11H,1-8,10H2. The normalized spacial score (nSPS) is 22.0. The van der Waals surface area contributed by atoms with Crippen molar-refractivity contribution in [3.8, 4) is 0 Å². The van der Waals surface area contributed by atoms with Crippen LogP contribution in [-0.2, 0) is 0 Å². The molecule has 0 spiro atoms. The van der Waals surface area contributed by atoms with Gasteiger partial charge in [-0.2, -0.15) is 0 Å². The van der Waals surface area contributed by atoms with E-state index >= 15 is 0 Å². The van der Waals surface area contributed by atoms with Gasteiger partial charge < -0.3 is 0 Å². The number of halogens is 2. The summed E-state index contributed by atoms with van der Waals surface area (Å²) in [6.45, 7) is 4.55. The summed E-state index contributed by atoms with van der Waals surface area (Å²) in [6.07, 6.45) is 5.45. The molecule has 0 atom stereocenters. The van der Waals surface area contributed by atoms with E-state index in [9.17, 15) is 4.79 Å². The fourth-order valence-electron chi connectivity index (χ4n) is 3.37. The van der Waals surface area contributed by atoms with Crippen LogP contribution in [0, 0.1) is 0 Å². The molecule has 0 aromatic carbocycles. The second kappa shape index (κ2) is 6.97. The third kappa shape index (κ3) is 3.80. The van der Waals surface area contributed by atoms with Crippen LogP contribution in [0.4, 0.5) is 0 Å². The molecule has 0 radical (unpaired) electrons. The minimum atomic E-state index is 0.0810. The van der Waals surface area contributed by atoms with Gasteiger partial charge in [-0.25, -0.2) is 0 Å². The van der Waals surface area contributed by atoms with Gasteiger partial charge in [0.05, 0.1) is 16.4 Å². The number of piperazine rings is 1. The molecule has 1 saturated heterocycles. The molecule has 0 bridgehead atoms. The van der Waals surface area contributed by atoms with E-state index in [1.54, 1.807) is 6.07 Å². The first-order valence-corrected chi connectivity index (χ1v) is 9.15. The van der Waals surface area contributed by atoms with Gasteiger partial charge >= 0.3 is 0 Å². The smallest absolute Gasteiger partial charge is 0.179 e. The summed E-state index contributed by atoms with van der Waals surface area (Å²) < 4.78 is 1.09. The molecule has 0 amide bonds. The van der Waals surface area contributed by atoms with Crippen LogP contribution in [0.2, 0.25) is 8.67 Å². The van der Waals surface area contributed by atoms with E-state index in [1.165, 1.54) is 37.0 Å². The maximum absolute atomic E-state index is 12.3. The Bertz CT molecular complexity index is 506. The quantitative estimate of drug-likeness (QED) is 0.774. The van der Waals surface area contributed by atoms with Crippen LogP contribution in [0.25, 0.3) is 0 Å². The Morgan fingerprint density at radius 1 is 1.19 bits per heavy atom. The highest BCUT2D eigenvalue weighted by Crippen LogP contribution is 2.31. The summed E-state index contributed by atoms with van der Waals surface area (Å²) in [5.41, 5.74) is 0.574. The van der Waals surface area contributed by atoms with Crippen molar-refractivity contribution >= 4 is 40.3 Å². The number of hydrogen-bond acceptors (Lipinski definition) is 4. The highest BCUT2D eigenvalue weighted by atomic mass is 35.5. The zero-order chi connectivity index (χ0) is 14.8. The predicted octanol–water partition coefficient (Wildman–Crippen LogP) is 3.80. The molecule has 1 aliphatic heterocycles. The molecule has 6 heteroatoms. The van der Waals surface area contributed by atoms with Gasteiger partial charge in [0.15, 0.2) is 5.78 Å². The van der Waals surface area contributed by atoms with E-state index in [-0.39, 0.29) is 5.78 Å². The summed E-state index contributed by atoms with van der Waals surface area (Å²) in [4.78, 5) is 17.1. The molecular weight excluding hydrogens is 327 g/mol. The van der Waals surface area contributed by atoms with Crippen molar-refractivity contribution < 1.29 is 4.79 Å². The van der Waals surface area contributed by atoms with Crippen LogP contribution in [0.3, 0.4) is 0 Å². The summed E-state index contributed by atoms with van der Waals surface area (Å²) in [5, 5.41) is 0. The largest absolute Gasteiger partial charge is 0.298 e. The summed E-state index contributed by atoms with van der Waals surface area (Å²) in [7, 11) is 0. The summed E-state index contributed by atoms with van der Waals surface area (Å²) >= 11 is 13.2. The predicted molar refractivity (Wildman–Crippen MR) is 88.9 cm³/mol. The first kappa shape index (κ1) is 15.8. The monoisotopic (exact) mass is 346 g/mol. The lowest BCUT2D eigenvalue weighted by atomic mass is 10.1. The Morgan fingerprint density at radius 2 is 1.86 bits per heavy atom. The molecule has 116 valence electrons. The number of ketones is 1. The minimum absolute atomic E-state index is 0.0810. The van der Waals surface area contributed by atoms with Crippen LogP contribution < -0.4 is 0 Å². The van der Waals surface area contributed by atoms with Crippen LogP contribution in [0.1, 0.15) is 36.0 Å². The van der Waals surface area contributed by atoms with Gasteiger partial charge in [0.25, 0.3) is 0 Å². The number of nitrogens with zero attached hydrogens (tertiary/aromatic N) is 2. The third-order valence-electron chi connectivity index (χ3n) is 4.57. The number of hydrogen-bond donors (Lipinski definition) is 0. The molecule has 1 aromatic heterocycles. The first-order valence-electron chi connectivity index (χ1n) is 7.58. The lowest BCUT2D eigenvalue weighted by Gasteiger charge is -2.37. The zero-order valence-electron chi connectivity index (χ0n) is 12.0. The fourth-order valence-corrected chi connectivity index (χ4v) is 4.87. The second-order valence-corrected chi connectivity index (χ2v) is 8.20. The Morgan fingerprint density at radius 3 is 2.43 bits per heavy atom. The Kier molecular flexibility index (Phi) is 5.23. The summed E-state index contributed by atoms with van der Waals surface area (Å²) in [6, 6.07) is 2.47. The highest BCUT2D eigenvalue weighted by Gasteiger charge is 2.27. The molecule has 3 nitrogen and oxygen atoms in total. The molecule has 0 unspecified atom stereocenters. The van der Waals surface area contributed by atoms with E-state index in [0.29, 0.717) is 20.8 Å². The zero-order valence-corrected chi connectivity index (χ0v) is 14.3. The fraction of sp³-hybridized carbons (Fsp3) is 0.667. The van der Waals surface area contributed by atoms with E-state index in [0.717, 1.165) is 32.2 Å². The van der Waals surface area contributed by atoms with Crippen molar-refractivity contribution in [3.63, 3.8) is 0 Å². The maximum atomic E-state index is 12.3. The van der Waals surface area contributed by atoms with E-state index < -0.39 is 0 Å². The Labute approximate surface area is 139 Å². The van der Waals surface area contributed by atoms with Crippen LogP contribution in [-0.4, -0.2) is 54.3 Å². The second-order valence-electron chi connectivity index (χ2n) is 5.91. The number of carbonyl (C=O) groups excluding carboxylic acids is 1. The average Bonchev–Trinajstić information content (AvgIpc) is 3.09. The van der Waals surface area contributed by atoms with Gasteiger partial charge in [-0.05, 0) is 18.9 Å². The van der Waals surface area contributed by atoms with Gasteiger partial charge in [0.1, 0.15) is 4.34 Å². The van der Waals surface area contributed by atoms with Gasteiger partial charge in [-0.3, -0.25) is 14.6 Å². The number of thiophene rings is 1. The van der Waals surface area contributed by atoms with E-state index in [1.807, 2.05) is 0 Å². The molecule has 3 rings (SSSR count). The SMILES string of the molecule is O=C(CN1CCN(C2CCCC2)CC1)c1cc(Cl)sc1Cl. The third-order valence-corrected chi connectivity index (χ3v) is 6.06. The molecule has 1 saturated carbocycles. The molecule has 2 fully saturated rings. The minimum Gasteiger partial charge on any atom is -0.298 e. The van der Waals surface area contributed by atoms with Crippen molar-refractivity contribution in [2.75, 3.05) is 32.7 Å². The van der Waals surface area contributed by atoms with Crippen molar-refractivity contribution in [1.29, 1.82) is 0 Å². The molecule has 2 heterocycles. The average molecular weight is 347 g/mol. The number of rotatable bonds is 4. The maximum Gasteiger partial charge on any atom is 0.179 e. The number of Topliss-reactive ketones (excluding diaryl/α,β-unsaturated/α-hetero) is 1. The van der Waals surface area contributed by atoms with Gasteiger partial charge in [0.2, 0.25) is 0 Å². The highest BCUT2D eigenvalue weighted by molar-refractivity contribution is 7.20. The van der Waals surface area contributed by atoms with Crippen molar-refractivity contribution in [1.82, 2.24) is 9.80 Å². The molecular formula is C15H20Cl2N2OS. The Balaban J connectivity index is 1.51. The van der Waals surface area contributed by atoms with Crippen LogP contribution >= 0.6 is 34.5 Å².